The van der Waals surface area contributed by atoms with E-state index in [0.29, 0.717) is 32.1 Å². The van der Waals surface area contributed by atoms with Crippen LogP contribution in [0.2, 0.25) is 0 Å². The van der Waals surface area contributed by atoms with E-state index < -0.39 is 0 Å². The second kappa shape index (κ2) is 11.0. The van der Waals surface area contributed by atoms with Crippen molar-refractivity contribution in [2.45, 2.75) is 46.2 Å². The summed E-state index contributed by atoms with van der Waals surface area (Å²) in [7, 11) is 1.74. The van der Waals surface area contributed by atoms with Crippen molar-refractivity contribution in [2.75, 3.05) is 26.7 Å². The number of guanidine groups is 1. The summed E-state index contributed by atoms with van der Waals surface area (Å²) in [5.74, 6) is 1.78. The number of carbonyl (C=O) groups is 1. The third-order valence-electron chi connectivity index (χ3n) is 5.15. The molecular formula is C23H32N4O2S. The van der Waals surface area contributed by atoms with E-state index >= 15 is 0 Å². The molecule has 30 heavy (non-hydrogen) atoms. The highest BCUT2D eigenvalue weighted by Gasteiger charge is 2.21. The zero-order valence-corrected chi connectivity index (χ0v) is 19.0. The molecular weight excluding hydrogens is 396 g/mol. The van der Waals surface area contributed by atoms with Crippen molar-refractivity contribution in [2.24, 2.45) is 4.99 Å². The monoisotopic (exact) mass is 428 g/mol. The molecule has 3 rings (SSSR count). The predicted molar refractivity (Wildman–Crippen MR) is 123 cm³/mol. The first kappa shape index (κ1) is 22.2. The number of nitrogens with zero attached hydrogens (tertiary/aromatic N) is 2. The molecule has 1 aromatic heterocycles. The quantitative estimate of drug-likeness (QED) is 0.499. The number of carbonyl (C=O) groups excluding carboxylic acids is 1. The van der Waals surface area contributed by atoms with Crippen molar-refractivity contribution in [3.63, 3.8) is 0 Å². The summed E-state index contributed by atoms with van der Waals surface area (Å²) < 4.78 is 5.88. The average Bonchev–Trinajstić information content (AvgIpc) is 3.23. The molecule has 0 radical (unpaired) electrons. The number of amides is 1. The van der Waals surface area contributed by atoms with Crippen LogP contribution >= 0.6 is 11.3 Å². The van der Waals surface area contributed by atoms with Gasteiger partial charge in [-0.2, -0.15) is 0 Å². The Hall–Kier alpha value is -2.54. The highest BCUT2D eigenvalue weighted by atomic mass is 32.1. The predicted octanol–water partition coefficient (Wildman–Crippen LogP) is 3.49. The van der Waals surface area contributed by atoms with Crippen LogP contribution in [0.1, 0.15) is 41.3 Å². The number of rotatable bonds is 8. The number of hydrogen-bond acceptors (Lipinski definition) is 4. The maximum atomic E-state index is 12.6. The first-order chi connectivity index (χ1) is 14.6. The lowest BCUT2D eigenvalue weighted by Crippen LogP contribution is -2.40. The molecule has 162 valence electrons. The van der Waals surface area contributed by atoms with E-state index in [0.717, 1.165) is 37.2 Å². The third kappa shape index (κ3) is 5.98. The van der Waals surface area contributed by atoms with Crippen molar-refractivity contribution >= 4 is 23.2 Å². The smallest absolute Gasteiger partial charge is 0.224 e. The zero-order valence-electron chi connectivity index (χ0n) is 18.2. The van der Waals surface area contributed by atoms with Crippen LogP contribution in [-0.4, -0.2) is 43.5 Å². The molecule has 7 heteroatoms. The van der Waals surface area contributed by atoms with Gasteiger partial charge in [-0.15, -0.1) is 11.3 Å². The van der Waals surface area contributed by atoms with Gasteiger partial charge in [-0.25, -0.2) is 0 Å². The standard InChI is InChI=1S/C23H32N4O2S/c1-4-12-29-20-14-17(2)5-6-18(20)15-26-23(24-3)25-10-7-22(28)27-11-8-21-19(16-27)9-13-30-21/h5-6,9,13-14H,4,7-8,10-12,15-16H2,1-3H3,(H2,24,25,26). The van der Waals surface area contributed by atoms with E-state index in [2.05, 4.69) is 59.1 Å². The number of ether oxygens (including phenoxy) is 1. The Balaban J connectivity index is 1.45. The number of thiophene rings is 1. The molecule has 0 saturated heterocycles. The molecule has 0 fully saturated rings. The van der Waals surface area contributed by atoms with Crippen LogP contribution in [0.4, 0.5) is 0 Å². The Morgan fingerprint density at radius 2 is 2.17 bits per heavy atom. The number of nitrogens with one attached hydrogen (secondary N) is 2. The maximum Gasteiger partial charge on any atom is 0.224 e. The second-order valence-corrected chi connectivity index (χ2v) is 8.50. The van der Waals surface area contributed by atoms with E-state index in [1.54, 1.807) is 18.4 Å². The fourth-order valence-electron chi connectivity index (χ4n) is 3.46. The van der Waals surface area contributed by atoms with Gasteiger partial charge in [0, 0.05) is 50.1 Å². The normalized spacial score (nSPS) is 13.7. The van der Waals surface area contributed by atoms with Crippen LogP contribution in [-0.2, 0) is 24.3 Å². The summed E-state index contributed by atoms with van der Waals surface area (Å²) in [5.41, 5.74) is 3.57. The fourth-order valence-corrected chi connectivity index (χ4v) is 4.35. The highest BCUT2D eigenvalue weighted by molar-refractivity contribution is 7.10. The lowest BCUT2D eigenvalue weighted by atomic mass is 10.1. The van der Waals surface area contributed by atoms with Crippen molar-refractivity contribution < 1.29 is 9.53 Å². The Labute approximate surface area is 183 Å². The Morgan fingerprint density at radius 3 is 2.97 bits per heavy atom. The minimum atomic E-state index is 0.184. The van der Waals surface area contributed by atoms with Crippen molar-refractivity contribution in [1.29, 1.82) is 0 Å². The average molecular weight is 429 g/mol. The molecule has 0 saturated carbocycles. The molecule has 0 unspecified atom stereocenters. The summed E-state index contributed by atoms with van der Waals surface area (Å²) in [5, 5.41) is 8.68. The van der Waals surface area contributed by atoms with Crippen molar-refractivity contribution in [3.05, 3.63) is 51.2 Å². The van der Waals surface area contributed by atoms with E-state index in [9.17, 15) is 4.79 Å². The number of aliphatic imine (C=N–C) groups is 1. The van der Waals surface area contributed by atoms with Crippen LogP contribution in [0.15, 0.2) is 34.6 Å². The number of fused-ring (bicyclic) bond motifs is 1. The molecule has 2 N–H and O–H groups in total. The van der Waals surface area contributed by atoms with E-state index in [1.165, 1.54) is 16.0 Å². The second-order valence-electron chi connectivity index (χ2n) is 7.50. The fraction of sp³-hybridized carbons (Fsp3) is 0.478. The van der Waals surface area contributed by atoms with Gasteiger partial charge in [-0.05, 0) is 48.4 Å². The molecule has 1 aliphatic heterocycles. The molecule has 6 nitrogen and oxygen atoms in total. The van der Waals surface area contributed by atoms with Crippen LogP contribution in [0.5, 0.6) is 5.75 Å². The largest absolute Gasteiger partial charge is 0.493 e. The van der Waals surface area contributed by atoms with Gasteiger partial charge in [-0.3, -0.25) is 9.79 Å². The number of hydrogen-bond donors (Lipinski definition) is 2. The van der Waals surface area contributed by atoms with Gasteiger partial charge in [0.25, 0.3) is 0 Å². The van der Waals surface area contributed by atoms with Gasteiger partial charge in [-0.1, -0.05) is 19.1 Å². The Kier molecular flexibility index (Phi) is 8.13. The van der Waals surface area contributed by atoms with Gasteiger partial charge in [0.05, 0.1) is 6.61 Å². The minimum Gasteiger partial charge on any atom is -0.493 e. The van der Waals surface area contributed by atoms with E-state index in [4.69, 9.17) is 4.74 Å². The van der Waals surface area contributed by atoms with Crippen molar-refractivity contribution in [3.8, 4) is 5.75 Å². The summed E-state index contributed by atoms with van der Waals surface area (Å²) in [6, 6.07) is 8.37. The van der Waals surface area contributed by atoms with Crippen LogP contribution in [0.25, 0.3) is 0 Å². The lowest BCUT2D eigenvalue weighted by Gasteiger charge is -2.27. The molecule has 1 aliphatic rings. The van der Waals surface area contributed by atoms with Gasteiger partial charge in [0.15, 0.2) is 5.96 Å². The summed E-state index contributed by atoms with van der Waals surface area (Å²) >= 11 is 1.79. The Bertz CT molecular complexity index is 878. The van der Waals surface area contributed by atoms with Gasteiger partial charge < -0.3 is 20.3 Å². The van der Waals surface area contributed by atoms with Gasteiger partial charge in [0.2, 0.25) is 5.91 Å². The summed E-state index contributed by atoms with van der Waals surface area (Å²) in [6.07, 6.45) is 2.40. The lowest BCUT2D eigenvalue weighted by molar-refractivity contribution is -0.131. The minimum absolute atomic E-state index is 0.184. The van der Waals surface area contributed by atoms with Gasteiger partial charge >= 0.3 is 0 Å². The number of benzene rings is 1. The Morgan fingerprint density at radius 1 is 1.30 bits per heavy atom. The molecule has 2 heterocycles. The molecule has 1 aromatic carbocycles. The van der Waals surface area contributed by atoms with Crippen LogP contribution in [0, 0.1) is 6.92 Å². The maximum absolute atomic E-state index is 12.6. The SMILES string of the molecule is CCCOc1cc(C)ccc1CNC(=NC)NCCC(=O)N1CCc2sccc2C1. The first-order valence-electron chi connectivity index (χ1n) is 10.6. The zero-order chi connectivity index (χ0) is 21.3. The highest BCUT2D eigenvalue weighted by Crippen LogP contribution is 2.24. The number of aryl methyl sites for hydroxylation is 1. The molecule has 0 atom stereocenters. The summed E-state index contributed by atoms with van der Waals surface area (Å²) in [6.45, 7) is 7.58. The first-order valence-corrected chi connectivity index (χ1v) is 11.5. The molecule has 0 bridgehead atoms. The van der Waals surface area contributed by atoms with Crippen LogP contribution in [0.3, 0.4) is 0 Å². The van der Waals surface area contributed by atoms with E-state index in [-0.39, 0.29) is 5.91 Å². The summed E-state index contributed by atoms with van der Waals surface area (Å²) in [4.78, 5) is 20.2. The van der Waals surface area contributed by atoms with Crippen molar-refractivity contribution in [1.82, 2.24) is 15.5 Å². The molecule has 0 aliphatic carbocycles. The molecule has 0 spiro atoms. The van der Waals surface area contributed by atoms with E-state index in [1.807, 2.05) is 4.90 Å². The van der Waals surface area contributed by atoms with Gasteiger partial charge in [0.1, 0.15) is 5.75 Å². The topological polar surface area (TPSA) is 66.0 Å². The third-order valence-corrected chi connectivity index (χ3v) is 6.17. The van der Waals surface area contributed by atoms with Crippen LogP contribution < -0.4 is 15.4 Å². The molecule has 2 aromatic rings. The molecule has 1 amide bonds.